The standard InChI is InChI=1S/C17H16N2O3S/c20-13-7-5-11(6-8-13)9-16(19-22)18-17(21)15-10-12-3-1-2-4-14(12)23-15/h1-8,10,16,19-20,22H,9H2,(H,18,21)/t16-/m1/s1. The average Bonchev–Trinajstić information content (AvgIpc) is 3.00. The number of thiophene rings is 1. The lowest BCUT2D eigenvalue weighted by Gasteiger charge is -2.16. The lowest BCUT2D eigenvalue weighted by atomic mass is 10.1. The van der Waals surface area contributed by atoms with Crippen LogP contribution < -0.4 is 10.8 Å². The normalized spacial score (nSPS) is 12.2. The molecule has 0 radical (unpaired) electrons. The van der Waals surface area contributed by atoms with Gasteiger partial charge >= 0.3 is 0 Å². The van der Waals surface area contributed by atoms with E-state index in [0.29, 0.717) is 11.3 Å². The number of hydroxylamine groups is 1. The first kappa shape index (κ1) is 15.5. The van der Waals surface area contributed by atoms with Crippen molar-refractivity contribution < 1.29 is 15.1 Å². The van der Waals surface area contributed by atoms with Gasteiger partial charge in [-0.25, -0.2) is 0 Å². The van der Waals surface area contributed by atoms with Crippen LogP contribution in [0.2, 0.25) is 0 Å². The molecule has 118 valence electrons. The van der Waals surface area contributed by atoms with Crippen LogP contribution in [-0.2, 0) is 6.42 Å². The van der Waals surface area contributed by atoms with Crippen molar-refractivity contribution in [2.24, 2.45) is 0 Å². The summed E-state index contributed by atoms with van der Waals surface area (Å²) in [5.41, 5.74) is 2.99. The van der Waals surface area contributed by atoms with Crippen molar-refractivity contribution in [3.63, 3.8) is 0 Å². The molecule has 0 aliphatic heterocycles. The predicted octanol–water partition coefficient (Wildman–Crippen LogP) is 2.88. The highest BCUT2D eigenvalue weighted by Crippen LogP contribution is 2.25. The molecule has 2 aromatic carbocycles. The Hall–Kier alpha value is -2.41. The van der Waals surface area contributed by atoms with Crippen molar-refractivity contribution in [2.45, 2.75) is 12.6 Å². The lowest BCUT2D eigenvalue weighted by molar-refractivity contribution is 0.0789. The zero-order valence-electron chi connectivity index (χ0n) is 12.2. The minimum atomic E-state index is -0.614. The highest BCUT2D eigenvalue weighted by Gasteiger charge is 2.15. The maximum absolute atomic E-state index is 12.3. The fourth-order valence-electron chi connectivity index (χ4n) is 2.32. The Kier molecular flexibility index (Phi) is 4.57. The largest absolute Gasteiger partial charge is 0.508 e. The van der Waals surface area contributed by atoms with Gasteiger partial charge < -0.3 is 15.6 Å². The Bertz CT molecular complexity index is 781. The molecule has 3 rings (SSSR count). The Balaban J connectivity index is 1.70. The van der Waals surface area contributed by atoms with Crippen LogP contribution in [0.15, 0.2) is 54.6 Å². The molecule has 0 bridgehead atoms. The fourth-order valence-corrected chi connectivity index (χ4v) is 3.29. The Morgan fingerprint density at radius 3 is 2.57 bits per heavy atom. The molecule has 6 heteroatoms. The van der Waals surface area contributed by atoms with E-state index < -0.39 is 6.17 Å². The van der Waals surface area contributed by atoms with Crippen molar-refractivity contribution in [2.75, 3.05) is 0 Å². The zero-order valence-corrected chi connectivity index (χ0v) is 13.0. The van der Waals surface area contributed by atoms with Crippen LogP contribution in [0.3, 0.4) is 0 Å². The number of aromatic hydroxyl groups is 1. The van der Waals surface area contributed by atoms with Gasteiger partial charge in [-0.3, -0.25) is 4.79 Å². The van der Waals surface area contributed by atoms with Crippen molar-refractivity contribution in [1.29, 1.82) is 0 Å². The molecule has 0 unspecified atom stereocenters. The summed E-state index contributed by atoms with van der Waals surface area (Å²) in [6, 6.07) is 16.2. The lowest BCUT2D eigenvalue weighted by Crippen LogP contribution is -2.45. The maximum atomic E-state index is 12.3. The van der Waals surface area contributed by atoms with Crippen molar-refractivity contribution >= 4 is 27.3 Å². The number of amides is 1. The molecule has 3 aromatic rings. The number of rotatable bonds is 5. The smallest absolute Gasteiger partial charge is 0.262 e. The Morgan fingerprint density at radius 1 is 1.13 bits per heavy atom. The average molecular weight is 328 g/mol. The van der Waals surface area contributed by atoms with E-state index in [0.717, 1.165) is 15.6 Å². The number of carbonyl (C=O) groups is 1. The summed E-state index contributed by atoms with van der Waals surface area (Å²) < 4.78 is 1.05. The Morgan fingerprint density at radius 2 is 1.87 bits per heavy atom. The summed E-state index contributed by atoms with van der Waals surface area (Å²) in [7, 11) is 0. The molecule has 1 heterocycles. The van der Waals surface area contributed by atoms with Gasteiger partial charge in [0.25, 0.3) is 5.91 Å². The molecule has 0 saturated carbocycles. The molecule has 4 N–H and O–H groups in total. The van der Waals surface area contributed by atoms with Crippen LogP contribution in [0, 0.1) is 0 Å². The molecule has 0 spiro atoms. The van der Waals surface area contributed by atoms with Gasteiger partial charge in [-0.05, 0) is 35.2 Å². The fraction of sp³-hybridized carbons (Fsp3) is 0.118. The summed E-state index contributed by atoms with van der Waals surface area (Å²) >= 11 is 1.41. The third-order valence-electron chi connectivity index (χ3n) is 3.49. The predicted molar refractivity (Wildman–Crippen MR) is 89.8 cm³/mol. The number of hydrogen-bond acceptors (Lipinski definition) is 5. The quantitative estimate of drug-likeness (QED) is 0.429. The number of nitrogens with one attached hydrogen (secondary N) is 2. The van der Waals surface area contributed by atoms with Crippen LogP contribution >= 0.6 is 11.3 Å². The van der Waals surface area contributed by atoms with Crippen LogP contribution in [0.25, 0.3) is 10.1 Å². The second-order valence-corrected chi connectivity index (χ2v) is 6.26. The first-order valence-electron chi connectivity index (χ1n) is 7.12. The molecular formula is C17H16N2O3S. The van der Waals surface area contributed by atoms with Gasteiger partial charge in [-0.2, -0.15) is 5.48 Å². The molecule has 1 atom stereocenters. The van der Waals surface area contributed by atoms with Crippen LogP contribution in [0.1, 0.15) is 15.2 Å². The summed E-state index contributed by atoms with van der Waals surface area (Å²) in [6.45, 7) is 0. The van der Waals surface area contributed by atoms with E-state index in [9.17, 15) is 15.1 Å². The van der Waals surface area contributed by atoms with E-state index in [1.165, 1.54) is 11.3 Å². The number of hydrogen-bond donors (Lipinski definition) is 4. The molecule has 23 heavy (non-hydrogen) atoms. The number of carbonyl (C=O) groups excluding carboxylic acids is 1. The van der Waals surface area contributed by atoms with Crippen LogP contribution in [-0.4, -0.2) is 22.4 Å². The van der Waals surface area contributed by atoms with Gasteiger partial charge in [0.2, 0.25) is 0 Å². The summed E-state index contributed by atoms with van der Waals surface area (Å²) in [5.74, 6) is -0.0619. The minimum absolute atomic E-state index is 0.177. The molecule has 0 aliphatic rings. The summed E-state index contributed by atoms with van der Waals surface area (Å²) in [5, 5.41) is 22.3. The highest BCUT2D eigenvalue weighted by atomic mass is 32.1. The van der Waals surface area contributed by atoms with Gasteiger partial charge in [0.15, 0.2) is 0 Å². The van der Waals surface area contributed by atoms with Crippen molar-refractivity contribution in [1.82, 2.24) is 10.8 Å². The van der Waals surface area contributed by atoms with E-state index in [2.05, 4.69) is 10.8 Å². The first-order valence-corrected chi connectivity index (χ1v) is 7.94. The SMILES string of the molecule is O=C(N[C@@H](Cc1ccc(O)cc1)NO)c1cc2ccccc2s1. The van der Waals surface area contributed by atoms with Gasteiger partial charge in [0.05, 0.1) is 4.88 Å². The number of phenols is 1. The molecule has 0 saturated heterocycles. The number of benzene rings is 2. The van der Waals surface area contributed by atoms with E-state index in [1.54, 1.807) is 24.3 Å². The van der Waals surface area contributed by atoms with Crippen molar-refractivity contribution in [3.05, 3.63) is 65.0 Å². The topological polar surface area (TPSA) is 81.6 Å². The van der Waals surface area contributed by atoms with Gasteiger partial charge in [0, 0.05) is 11.1 Å². The second kappa shape index (κ2) is 6.78. The minimum Gasteiger partial charge on any atom is -0.508 e. The van der Waals surface area contributed by atoms with E-state index >= 15 is 0 Å². The van der Waals surface area contributed by atoms with Crippen molar-refractivity contribution in [3.8, 4) is 5.75 Å². The highest BCUT2D eigenvalue weighted by molar-refractivity contribution is 7.20. The van der Waals surface area contributed by atoms with Gasteiger partial charge in [0.1, 0.15) is 11.9 Å². The number of phenolic OH excluding ortho intramolecular Hbond substituents is 1. The third kappa shape index (κ3) is 3.68. The monoisotopic (exact) mass is 328 g/mol. The molecular weight excluding hydrogens is 312 g/mol. The van der Waals surface area contributed by atoms with E-state index in [4.69, 9.17) is 0 Å². The number of fused-ring (bicyclic) bond motifs is 1. The van der Waals surface area contributed by atoms with E-state index in [1.807, 2.05) is 30.3 Å². The third-order valence-corrected chi connectivity index (χ3v) is 4.60. The zero-order chi connectivity index (χ0) is 16.2. The summed E-state index contributed by atoms with van der Waals surface area (Å²) in [6.07, 6.45) is -0.217. The molecule has 1 aromatic heterocycles. The molecule has 5 nitrogen and oxygen atoms in total. The molecule has 0 fully saturated rings. The maximum Gasteiger partial charge on any atom is 0.262 e. The summed E-state index contributed by atoms with van der Waals surface area (Å²) in [4.78, 5) is 12.9. The van der Waals surface area contributed by atoms with Gasteiger partial charge in [-0.1, -0.05) is 30.3 Å². The first-order chi connectivity index (χ1) is 11.2. The molecule has 0 aliphatic carbocycles. The van der Waals surface area contributed by atoms with Crippen LogP contribution in [0.5, 0.6) is 5.75 Å². The Labute approximate surface area is 137 Å². The van der Waals surface area contributed by atoms with E-state index in [-0.39, 0.29) is 11.7 Å². The van der Waals surface area contributed by atoms with Gasteiger partial charge in [-0.15, -0.1) is 11.3 Å². The molecule has 1 amide bonds. The second-order valence-electron chi connectivity index (χ2n) is 5.17. The van der Waals surface area contributed by atoms with Crippen LogP contribution in [0.4, 0.5) is 0 Å².